The number of methoxy groups -OCH3 is 1. The third kappa shape index (κ3) is 3.52. The normalized spacial score (nSPS) is 23.2. The quantitative estimate of drug-likeness (QED) is 0.901. The van der Waals surface area contributed by atoms with E-state index in [9.17, 15) is 8.42 Å². The van der Waals surface area contributed by atoms with Gasteiger partial charge in [-0.2, -0.15) is 0 Å². The fourth-order valence-corrected chi connectivity index (χ4v) is 4.92. The number of hydrogen-bond acceptors (Lipinski definition) is 4. The van der Waals surface area contributed by atoms with Crippen molar-refractivity contribution in [3.63, 3.8) is 0 Å². The zero-order valence-corrected chi connectivity index (χ0v) is 12.9. The standard InChI is InChI=1S/C15H23NO3S/c1-16-10-14(12-6-5-9-20(17,18)11-12)13-7-3-4-8-15(13)19-2/h3-4,7-8,12,14,16H,5-6,9-11H2,1-2H3. The summed E-state index contributed by atoms with van der Waals surface area (Å²) in [6, 6.07) is 7.91. The molecule has 1 fully saturated rings. The van der Waals surface area contributed by atoms with Crippen molar-refractivity contribution >= 4 is 9.84 Å². The lowest BCUT2D eigenvalue weighted by molar-refractivity contribution is 0.369. The molecular weight excluding hydrogens is 274 g/mol. The van der Waals surface area contributed by atoms with Gasteiger partial charge in [-0.05, 0) is 37.4 Å². The Morgan fingerprint density at radius 3 is 2.80 bits per heavy atom. The number of ether oxygens (including phenoxy) is 1. The van der Waals surface area contributed by atoms with Crippen LogP contribution in [-0.4, -0.2) is 40.6 Å². The number of benzene rings is 1. The lowest BCUT2D eigenvalue weighted by Gasteiger charge is -2.31. The minimum atomic E-state index is -2.89. The molecule has 1 aliphatic heterocycles. The van der Waals surface area contributed by atoms with Crippen molar-refractivity contribution in [1.82, 2.24) is 5.32 Å². The van der Waals surface area contributed by atoms with Crippen LogP contribution in [0.2, 0.25) is 0 Å². The maximum atomic E-state index is 11.9. The van der Waals surface area contributed by atoms with Gasteiger partial charge in [-0.15, -0.1) is 0 Å². The molecule has 1 heterocycles. The zero-order valence-electron chi connectivity index (χ0n) is 12.1. The lowest BCUT2D eigenvalue weighted by atomic mass is 9.83. The zero-order chi connectivity index (χ0) is 14.6. The molecule has 5 heteroatoms. The molecule has 0 spiro atoms. The van der Waals surface area contributed by atoms with E-state index in [-0.39, 0.29) is 17.6 Å². The van der Waals surface area contributed by atoms with E-state index in [1.54, 1.807) is 7.11 Å². The van der Waals surface area contributed by atoms with Crippen molar-refractivity contribution in [2.24, 2.45) is 5.92 Å². The van der Waals surface area contributed by atoms with Crippen molar-refractivity contribution in [1.29, 1.82) is 0 Å². The summed E-state index contributed by atoms with van der Waals surface area (Å²) in [5.74, 6) is 1.80. The van der Waals surface area contributed by atoms with E-state index >= 15 is 0 Å². The topological polar surface area (TPSA) is 55.4 Å². The highest BCUT2D eigenvalue weighted by molar-refractivity contribution is 7.91. The predicted molar refractivity (Wildman–Crippen MR) is 81.0 cm³/mol. The summed E-state index contributed by atoms with van der Waals surface area (Å²) in [6.45, 7) is 0.764. The molecule has 1 N–H and O–H groups in total. The Bertz CT molecular complexity index is 542. The van der Waals surface area contributed by atoms with Crippen molar-refractivity contribution in [2.45, 2.75) is 18.8 Å². The molecule has 0 amide bonds. The van der Waals surface area contributed by atoms with Gasteiger partial charge < -0.3 is 10.1 Å². The third-order valence-electron chi connectivity index (χ3n) is 4.03. The second-order valence-corrected chi connectivity index (χ2v) is 7.65. The molecule has 2 atom stereocenters. The molecule has 0 saturated carbocycles. The fourth-order valence-electron chi connectivity index (χ4n) is 3.10. The van der Waals surface area contributed by atoms with Crippen molar-refractivity contribution in [2.75, 3.05) is 32.2 Å². The summed E-state index contributed by atoms with van der Waals surface area (Å²) in [5.41, 5.74) is 1.10. The van der Waals surface area contributed by atoms with E-state index in [0.29, 0.717) is 5.75 Å². The van der Waals surface area contributed by atoms with Crippen LogP contribution >= 0.6 is 0 Å². The van der Waals surface area contributed by atoms with Gasteiger partial charge in [-0.1, -0.05) is 18.2 Å². The molecule has 2 unspecified atom stereocenters. The highest BCUT2D eigenvalue weighted by atomic mass is 32.2. The first kappa shape index (κ1) is 15.3. The van der Waals surface area contributed by atoms with E-state index in [1.165, 1.54) is 0 Å². The molecule has 4 nitrogen and oxygen atoms in total. The average Bonchev–Trinajstić information content (AvgIpc) is 2.43. The van der Waals surface area contributed by atoms with Gasteiger partial charge in [0.1, 0.15) is 5.75 Å². The maximum absolute atomic E-state index is 11.9. The van der Waals surface area contributed by atoms with Crippen molar-refractivity contribution in [3.8, 4) is 5.75 Å². The molecule has 112 valence electrons. The molecule has 0 aliphatic carbocycles. The van der Waals surface area contributed by atoms with Gasteiger partial charge >= 0.3 is 0 Å². The van der Waals surface area contributed by atoms with Crippen LogP contribution in [0.25, 0.3) is 0 Å². The molecular formula is C15H23NO3S. The molecule has 0 radical (unpaired) electrons. The van der Waals surface area contributed by atoms with Crippen LogP contribution in [0.5, 0.6) is 5.75 Å². The van der Waals surface area contributed by atoms with Crippen LogP contribution in [0.15, 0.2) is 24.3 Å². The van der Waals surface area contributed by atoms with Crippen LogP contribution in [-0.2, 0) is 9.84 Å². The molecule has 0 bridgehead atoms. The first-order valence-electron chi connectivity index (χ1n) is 7.05. The number of para-hydroxylation sites is 1. The Hall–Kier alpha value is -1.07. The van der Waals surface area contributed by atoms with Crippen molar-refractivity contribution < 1.29 is 13.2 Å². The van der Waals surface area contributed by atoms with Gasteiger partial charge in [0, 0.05) is 12.5 Å². The van der Waals surface area contributed by atoms with Gasteiger partial charge in [-0.25, -0.2) is 8.42 Å². The number of hydrogen-bond donors (Lipinski definition) is 1. The smallest absolute Gasteiger partial charge is 0.150 e. The molecule has 0 aromatic heterocycles. The van der Waals surface area contributed by atoms with Gasteiger partial charge in [0.2, 0.25) is 0 Å². The van der Waals surface area contributed by atoms with Gasteiger partial charge in [0.15, 0.2) is 9.84 Å². The summed E-state index contributed by atoms with van der Waals surface area (Å²) in [7, 11) is 0.671. The first-order valence-corrected chi connectivity index (χ1v) is 8.87. The summed E-state index contributed by atoms with van der Waals surface area (Å²) in [4.78, 5) is 0. The molecule has 1 saturated heterocycles. The summed E-state index contributed by atoms with van der Waals surface area (Å²) >= 11 is 0. The summed E-state index contributed by atoms with van der Waals surface area (Å²) in [6.07, 6.45) is 1.73. The Morgan fingerprint density at radius 1 is 1.40 bits per heavy atom. The van der Waals surface area contributed by atoms with Gasteiger partial charge in [-0.3, -0.25) is 0 Å². The van der Waals surface area contributed by atoms with E-state index < -0.39 is 9.84 Å². The maximum Gasteiger partial charge on any atom is 0.150 e. The Labute approximate surface area is 121 Å². The molecule has 1 aromatic rings. The SMILES string of the molecule is CNCC(c1ccccc1OC)C1CCCS(=O)(=O)C1. The number of sulfone groups is 1. The summed E-state index contributed by atoms with van der Waals surface area (Å²) < 4.78 is 29.2. The molecule has 1 aliphatic rings. The summed E-state index contributed by atoms with van der Waals surface area (Å²) in [5, 5.41) is 3.19. The number of nitrogens with one attached hydrogen (secondary N) is 1. The van der Waals surface area contributed by atoms with E-state index in [4.69, 9.17) is 4.74 Å². The second kappa shape index (κ2) is 6.59. The van der Waals surface area contributed by atoms with Crippen LogP contribution < -0.4 is 10.1 Å². The van der Waals surface area contributed by atoms with E-state index in [2.05, 4.69) is 5.32 Å². The molecule has 1 aromatic carbocycles. The lowest BCUT2D eigenvalue weighted by Crippen LogP contribution is -2.33. The predicted octanol–water partition coefficient (Wildman–Crippen LogP) is 1.82. The largest absolute Gasteiger partial charge is 0.496 e. The Morgan fingerprint density at radius 2 is 2.15 bits per heavy atom. The minimum Gasteiger partial charge on any atom is -0.496 e. The highest BCUT2D eigenvalue weighted by Crippen LogP contribution is 2.36. The monoisotopic (exact) mass is 297 g/mol. The minimum absolute atomic E-state index is 0.164. The van der Waals surface area contributed by atoms with Gasteiger partial charge in [0.05, 0.1) is 18.6 Å². The average molecular weight is 297 g/mol. The van der Waals surface area contributed by atoms with Crippen LogP contribution in [0.3, 0.4) is 0 Å². The Balaban J connectivity index is 2.30. The van der Waals surface area contributed by atoms with Gasteiger partial charge in [0.25, 0.3) is 0 Å². The highest BCUT2D eigenvalue weighted by Gasteiger charge is 2.32. The molecule has 2 rings (SSSR count). The third-order valence-corrected chi connectivity index (χ3v) is 5.88. The number of likely N-dealkylation sites (N-methyl/N-ethyl adjacent to an activating group) is 1. The van der Waals surface area contributed by atoms with Crippen LogP contribution in [0.4, 0.5) is 0 Å². The first-order chi connectivity index (χ1) is 9.57. The van der Waals surface area contributed by atoms with E-state index in [1.807, 2.05) is 31.3 Å². The Kier molecular flexibility index (Phi) is 5.05. The van der Waals surface area contributed by atoms with E-state index in [0.717, 1.165) is 30.7 Å². The molecule has 20 heavy (non-hydrogen) atoms. The van der Waals surface area contributed by atoms with Crippen LogP contribution in [0, 0.1) is 5.92 Å². The van der Waals surface area contributed by atoms with Crippen molar-refractivity contribution in [3.05, 3.63) is 29.8 Å². The van der Waals surface area contributed by atoms with Crippen LogP contribution in [0.1, 0.15) is 24.3 Å². The fraction of sp³-hybridized carbons (Fsp3) is 0.600. The second-order valence-electron chi connectivity index (χ2n) is 5.42. The number of rotatable bonds is 5.